The van der Waals surface area contributed by atoms with Crippen LogP contribution in [-0.2, 0) is 6.54 Å². The van der Waals surface area contributed by atoms with Crippen LogP contribution < -0.4 is 11.1 Å². The van der Waals surface area contributed by atoms with E-state index in [-0.39, 0.29) is 5.91 Å². The third-order valence-corrected chi connectivity index (χ3v) is 4.08. The Balaban J connectivity index is 2.28. The molecule has 1 amide bonds. The van der Waals surface area contributed by atoms with E-state index in [4.69, 9.17) is 5.73 Å². The molecule has 0 spiro atoms. The average molecular weight is 263 g/mol. The van der Waals surface area contributed by atoms with Crippen LogP contribution in [0.3, 0.4) is 0 Å². The largest absolute Gasteiger partial charge is 0.364 e. The van der Waals surface area contributed by atoms with Gasteiger partial charge in [-0.3, -0.25) is 4.79 Å². The predicted molar refractivity (Wildman–Crippen MR) is 77.0 cm³/mol. The van der Waals surface area contributed by atoms with Crippen LogP contribution in [0.25, 0.3) is 0 Å². The molecule has 106 valence electrons. The Morgan fingerprint density at radius 2 is 2.11 bits per heavy atom. The number of hydrogen-bond donors (Lipinski definition) is 2. The van der Waals surface area contributed by atoms with Gasteiger partial charge < -0.3 is 15.6 Å². The lowest BCUT2D eigenvalue weighted by atomic mass is 9.87. The summed E-state index contributed by atoms with van der Waals surface area (Å²) in [6.45, 7) is 6.22. The van der Waals surface area contributed by atoms with E-state index in [0.717, 1.165) is 13.1 Å². The van der Waals surface area contributed by atoms with Gasteiger partial charge >= 0.3 is 0 Å². The molecule has 1 aromatic rings. The zero-order valence-corrected chi connectivity index (χ0v) is 12.0. The van der Waals surface area contributed by atoms with Crippen molar-refractivity contribution in [1.82, 2.24) is 9.88 Å². The molecule has 0 saturated heterocycles. The summed E-state index contributed by atoms with van der Waals surface area (Å²) in [5.74, 6) is 0.319. The second-order valence-electron chi connectivity index (χ2n) is 5.43. The van der Waals surface area contributed by atoms with Crippen molar-refractivity contribution in [2.75, 3.05) is 6.54 Å². The van der Waals surface area contributed by atoms with Gasteiger partial charge in [0.2, 0.25) is 0 Å². The van der Waals surface area contributed by atoms with E-state index in [9.17, 15) is 4.79 Å². The maximum atomic E-state index is 11.4. The average Bonchev–Trinajstić information content (AvgIpc) is 2.82. The fourth-order valence-electron chi connectivity index (χ4n) is 3.28. The summed E-state index contributed by atoms with van der Waals surface area (Å²) in [5.41, 5.74) is 7.32. The molecule has 1 aromatic heterocycles. The molecule has 1 aliphatic heterocycles. The number of nitrogens with two attached hydrogens (primary N) is 1. The Morgan fingerprint density at radius 1 is 1.42 bits per heavy atom. The van der Waals surface area contributed by atoms with Gasteiger partial charge in [-0.1, -0.05) is 26.7 Å². The highest BCUT2D eigenvalue weighted by molar-refractivity contribution is 5.91. The number of nitrogens with one attached hydrogen (secondary N) is 1. The highest BCUT2D eigenvalue weighted by Gasteiger charge is 2.28. The Morgan fingerprint density at radius 3 is 2.68 bits per heavy atom. The topological polar surface area (TPSA) is 60.1 Å². The highest BCUT2D eigenvalue weighted by atomic mass is 16.1. The molecule has 0 aromatic carbocycles. The number of aromatic nitrogens is 1. The van der Waals surface area contributed by atoms with Crippen LogP contribution in [0.5, 0.6) is 0 Å². The number of carbonyl (C=O) groups excluding carboxylic acids is 1. The molecule has 0 aliphatic carbocycles. The molecule has 2 rings (SSSR count). The first-order valence-corrected chi connectivity index (χ1v) is 7.41. The summed E-state index contributed by atoms with van der Waals surface area (Å²) < 4.78 is 2.10. The van der Waals surface area contributed by atoms with Crippen LogP contribution >= 0.6 is 0 Å². The van der Waals surface area contributed by atoms with E-state index >= 15 is 0 Å². The molecular weight excluding hydrogens is 238 g/mol. The van der Waals surface area contributed by atoms with Crippen molar-refractivity contribution in [3.05, 3.63) is 23.5 Å². The summed E-state index contributed by atoms with van der Waals surface area (Å²) in [6.07, 6.45) is 4.85. The van der Waals surface area contributed by atoms with Crippen LogP contribution in [0.4, 0.5) is 0 Å². The van der Waals surface area contributed by atoms with E-state index in [1.54, 1.807) is 0 Å². The van der Waals surface area contributed by atoms with Crippen molar-refractivity contribution in [1.29, 1.82) is 0 Å². The van der Waals surface area contributed by atoms with Gasteiger partial charge in [0.1, 0.15) is 5.69 Å². The summed E-state index contributed by atoms with van der Waals surface area (Å²) in [5, 5.41) is 3.62. The minimum Gasteiger partial charge on any atom is -0.364 e. The number of hydrogen-bond acceptors (Lipinski definition) is 2. The summed E-state index contributed by atoms with van der Waals surface area (Å²) in [4.78, 5) is 11.4. The van der Waals surface area contributed by atoms with Gasteiger partial charge in [-0.05, 0) is 30.9 Å². The first-order valence-electron chi connectivity index (χ1n) is 7.41. The third-order valence-electron chi connectivity index (χ3n) is 4.08. The Bertz CT molecular complexity index is 433. The lowest BCUT2D eigenvalue weighted by Gasteiger charge is -2.33. The zero-order valence-electron chi connectivity index (χ0n) is 12.0. The molecule has 0 bridgehead atoms. The summed E-state index contributed by atoms with van der Waals surface area (Å²) in [7, 11) is 0. The molecular formula is C15H25N3O. The van der Waals surface area contributed by atoms with Crippen molar-refractivity contribution >= 4 is 5.91 Å². The third kappa shape index (κ3) is 2.84. The van der Waals surface area contributed by atoms with Gasteiger partial charge in [0.05, 0.1) is 6.04 Å². The van der Waals surface area contributed by atoms with Gasteiger partial charge in [-0.2, -0.15) is 0 Å². The maximum absolute atomic E-state index is 11.4. The molecule has 1 aliphatic rings. The first-order chi connectivity index (χ1) is 9.19. The number of carbonyl (C=O) groups is 1. The molecule has 1 unspecified atom stereocenters. The van der Waals surface area contributed by atoms with E-state index in [1.807, 2.05) is 6.07 Å². The second kappa shape index (κ2) is 6.24. The van der Waals surface area contributed by atoms with Crippen molar-refractivity contribution < 1.29 is 4.79 Å². The Kier molecular flexibility index (Phi) is 4.64. The van der Waals surface area contributed by atoms with Crippen LogP contribution in [-0.4, -0.2) is 17.0 Å². The van der Waals surface area contributed by atoms with E-state index in [2.05, 4.69) is 29.8 Å². The maximum Gasteiger partial charge on any atom is 0.265 e. The molecule has 4 nitrogen and oxygen atoms in total. The monoisotopic (exact) mass is 263 g/mol. The second-order valence-corrected chi connectivity index (χ2v) is 5.43. The molecule has 19 heavy (non-hydrogen) atoms. The standard InChI is InChI=1S/C15H25N3O/c1-3-5-11(6-4-2)14-12-7-8-13(15(16)19)18(12)10-9-17-14/h7-8,11,14,17H,3-6,9-10H2,1-2H3,(H2,16,19). The van der Waals surface area contributed by atoms with E-state index in [1.165, 1.54) is 31.4 Å². The highest BCUT2D eigenvalue weighted by Crippen LogP contribution is 2.32. The smallest absolute Gasteiger partial charge is 0.265 e. The van der Waals surface area contributed by atoms with Gasteiger partial charge in [0, 0.05) is 18.8 Å². The summed E-state index contributed by atoms with van der Waals surface area (Å²) >= 11 is 0. The normalized spacial score (nSPS) is 18.6. The lowest BCUT2D eigenvalue weighted by molar-refractivity contribution is 0.0989. The fraction of sp³-hybridized carbons (Fsp3) is 0.667. The quantitative estimate of drug-likeness (QED) is 0.828. The minimum atomic E-state index is -0.325. The van der Waals surface area contributed by atoms with Gasteiger partial charge in [0.15, 0.2) is 0 Å². The van der Waals surface area contributed by atoms with Crippen LogP contribution in [0.15, 0.2) is 12.1 Å². The fourth-order valence-corrected chi connectivity index (χ4v) is 3.28. The van der Waals surface area contributed by atoms with Crippen molar-refractivity contribution in [3.8, 4) is 0 Å². The number of primary amides is 1. The number of rotatable bonds is 6. The Labute approximate surface area is 115 Å². The molecule has 4 heteroatoms. The zero-order chi connectivity index (χ0) is 13.8. The summed E-state index contributed by atoms with van der Waals surface area (Å²) in [6, 6.07) is 4.30. The lowest BCUT2D eigenvalue weighted by Crippen LogP contribution is -2.38. The molecule has 0 fully saturated rings. The van der Waals surface area contributed by atoms with Gasteiger partial charge in [-0.25, -0.2) is 0 Å². The van der Waals surface area contributed by atoms with E-state index < -0.39 is 0 Å². The molecule has 0 radical (unpaired) electrons. The number of nitrogens with zero attached hydrogens (tertiary/aromatic N) is 1. The van der Waals surface area contributed by atoms with Crippen molar-refractivity contribution in [3.63, 3.8) is 0 Å². The predicted octanol–water partition coefficient (Wildman–Crippen LogP) is 2.45. The van der Waals surface area contributed by atoms with Crippen molar-refractivity contribution in [2.24, 2.45) is 11.7 Å². The van der Waals surface area contributed by atoms with Crippen molar-refractivity contribution in [2.45, 2.75) is 52.1 Å². The SMILES string of the molecule is CCCC(CCC)C1NCCn2c(C(N)=O)ccc21. The minimum absolute atomic E-state index is 0.325. The molecule has 2 heterocycles. The van der Waals surface area contributed by atoms with Crippen LogP contribution in [0.1, 0.15) is 61.8 Å². The van der Waals surface area contributed by atoms with Crippen LogP contribution in [0, 0.1) is 5.92 Å². The Hall–Kier alpha value is -1.29. The number of fused-ring (bicyclic) bond motifs is 1. The van der Waals surface area contributed by atoms with E-state index in [0.29, 0.717) is 17.7 Å². The first kappa shape index (κ1) is 14.1. The molecule has 3 N–H and O–H groups in total. The van der Waals surface area contributed by atoms with Crippen LogP contribution in [0.2, 0.25) is 0 Å². The van der Waals surface area contributed by atoms with Gasteiger partial charge in [0.25, 0.3) is 5.91 Å². The number of amides is 1. The van der Waals surface area contributed by atoms with Gasteiger partial charge in [-0.15, -0.1) is 0 Å². The molecule has 1 atom stereocenters. The molecule has 0 saturated carbocycles.